The molecule has 0 aliphatic heterocycles. The molecule has 0 aliphatic rings. The molecule has 1 atom stereocenters. The van der Waals surface area contributed by atoms with Crippen molar-refractivity contribution in [3.8, 4) is 11.5 Å². The zero-order valence-corrected chi connectivity index (χ0v) is 15.2. The van der Waals surface area contributed by atoms with Gasteiger partial charge in [0.25, 0.3) is 0 Å². The van der Waals surface area contributed by atoms with Crippen LogP contribution in [0.3, 0.4) is 0 Å². The largest absolute Gasteiger partial charge is 0.497 e. The van der Waals surface area contributed by atoms with Gasteiger partial charge in [-0.15, -0.1) is 0 Å². The van der Waals surface area contributed by atoms with E-state index in [0.29, 0.717) is 17.4 Å². The zero-order valence-electron chi connectivity index (χ0n) is 15.2. The van der Waals surface area contributed by atoms with Crippen LogP contribution in [0.2, 0.25) is 0 Å². The molecule has 134 valence electrons. The summed E-state index contributed by atoms with van der Waals surface area (Å²) in [6, 6.07) is 14.8. The molecule has 0 fully saturated rings. The summed E-state index contributed by atoms with van der Waals surface area (Å²) >= 11 is 0. The van der Waals surface area contributed by atoms with Crippen LogP contribution in [-0.4, -0.2) is 20.3 Å². The summed E-state index contributed by atoms with van der Waals surface area (Å²) < 4.78 is 10.5. The predicted molar refractivity (Wildman–Crippen MR) is 100 cm³/mol. The molecule has 25 heavy (non-hydrogen) atoms. The van der Waals surface area contributed by atoms with Crippen LogP contribution in [0.15, 0.2) is 48.5 Å². The van der Waals surface area contributed by atoms with E-state index in [1.165, 1.54) is 0 Å². The van der Waals surface area contributed by atoms with Crippen LogP contribution in [0.25, 0.3) is 0 Å². The lowest BCUT2D eigenvalue weighted by Crippen LogP contribution is -2.33. The summed E-state index contributed by atoms with van der Waals surface area (Å²) in [5, 5.41) is 5.91. The molecule has 2 aromatic carbocycles. The summed E-state index contributed by atoms with van der Waals surface area (Å²) in [4.78, 5) is 12.5. The molecule has 2 amide bonds. The predicted octanol–water partition coefficient (Wildman–Crippen LogP) is 4.61. The number of ether oxygens (including phenoxy) is 2. The fourth-order valence-corrected chi connectivity index (χ4v) is 2.65. The highest BCUT2D eigenvalue weighted by Crippen LogP contribution is 2.25. The average molecular weight is 342 g/mol. The maximum atomic E-state index is 12.5. The number of methoxy groups -OCH3 is 2. The topological polar surface area (TPSA) is 59.6 Å². The van der Waals surface area contributed by atoms with Gasteiger partial charge in [-0.05, 0) is 42.2 Å². The number of anilines is 1. The number of amides is 2. The second-order valence-corrected chi connectivity index (χ2v) is 6.25. The lowest BCUT2D eigenvalue weighted by molar-refractivity contribution is 0.246. The van der Waals surface area contributed by atoms with Crippen molar-refractivity contribution in [2.45, 2.75) is 26.3 Å². The van der Waals surface area contributed by atoms with Gasteiger partial charge in [-0.1, -0.05) is 38.1 Å². The Labute approximate surface area is 149 Å². The Morgan fingerprint density at radius 3 is 2.28 bits per heavy atom. The molecule has 0 aliphatic carbocycles. The molecule has 2 N–H and O–H groups in total. The second-order valence-electron chi connectivity index (χ2n) is 6.25. The van der Waals surface area contributed by atoms with E-state index in [1.54, 1.807) is 14.2 Å². The van der Waals surface area contributed by atoms with Gasteiger partial charge in [-0.2, -0.15) is 0 Å². The SMILES string of the molecule is COc1ccc(C(CC(C)C)NC(=O)Nc2ccccc2OC)cc1. The van der Waals surface area contributed by atoms with Gasteiger partial charge in [-0.25, -0.2) is 4.79 Å². The number of rotatable bonds is 7. The first-order valence-electron chi connectivity index (χ1n) is 8.38. The minimum absolute atomic E-state index is 0.0828. The maximum absolute atomic E-state index is 12.5. The van der Waals surface area contributed by atoms with Gasteiger partial charge in [0.05, 0.1) is 25.9 Å². The third-order valence-electron chi connectivity index (χ3n) is 3.89. The van der Waals surface area contributed by atoms with E-state index in [2.05, 4.69) is 24.5 Å². The molecular formula is C20H26N2O3. The smallest absolute Gasteiger partial charge is 0.319 e. The summed E-state index contributed by atoms with van der Waals surface area (Å²) in [6.07, 6.45) is 0.839. The molecular weight excluding hydrogens is 316 g/mol. The molecule has 5 heteroatoms. The van der Waals surface area contributed by atoms with Crippen LogP contribution < -0.4 is 20.1 Å². The van der Waals surface area contributed by atoms with Crippen LogP contribution in [0, 0.1) is 5.92 Å². The fraction of sp³-hybridized carbons (Fsp3) is 0.350. The van der Waals surface area contributed by atoms with Gasteiger partial charge >= 0.3 is 6.03 Å². The second kappa shape index (κ2) is 8.97. The third kappa shape index (κ3) is 5.41. The summed E-state index contributed by atoms with van der Waals surface area (Å²) in [7, 11) is 3.22. The Bertz CT molecular complexity index is 684. The average Bonchev–Trinajstić information content (AvgIpc) is 2.61. The Morgan fingerprint density at radius 2 is 1.68 bits per heavy atom. The van der Waals surface area contributed by atoms with Crippen LogP contribution in [0.4, 0.5) is 10.5 Å². The normalized spacial score (nSPS) is 11.7. The highest BCUT2D eigenvalue weighted by molar-refractivity contribution is 5.91. The highest BCUT2D eigenvalue weighted by atomic mass is 16.5. The first-order chi connectivity index (χ1) is 12.0. The van der Waals surface area contributed by atoms with E-state index in [4.69, 9.17) is 9.47 Å². The third-order valence-corrected chi connectivity index (χ3v) is 3.89. The first kappa shape index (κ1) is 18.6. The first-order valence-corrected chi connectivity index (χ1v) is 8.38. The Morgan fingerprint density at radius 1 is 1.00 bits per heavy atom. The molecule has 5 nitrogen and oxygen atoms in total. The van der Waals surface area contributed by atoms with Crippen molar-refractivity contribution in [3.63, 3.8) is 0 Å². The lowest BCUT2D eigenvalue weighted by Gasteiger charge is -2.22. The van der Waals surface area contributed by atoms with Gasteiger partial charge in [0.2, 0.25) is 0 Å². The van der Waals surface area contributed by atoms with Gasteiger partial charge in [-0.3, -0.25) is 0 Å². The molecule has 0 bridgehead atoms. The van der Waals surface area contributed by atoms with Crippen molar-refractivity contribution < 1.29 is 14.3 Å². The molecule has 0 heterocycles. The summed E-state index contributed by atoms with van der Waals surface area (Å²) in [6.45, 7) is 4.27. The standard InChI is InChI=1S/C20H26N2O3/c1-14(2)13-18(15-9-11-16(24-3)12-10-15)22-20(23)21-17-7-5-6-8-19(17)25-4/h5-12,14,18H,13H2,1-4H3,(H2,21,22,23). The number of carbonyl (C=O) groups is 1. The fourth-order valence-electron chi connectivity index (χ4n) is 2.65. The molecule has 0 saturated carbocycles. The molecule has 0 aromatic heterocycles. The molecule has 2 rings (SSSR count). The van der Waals surface area contributed by atoms with Gasteiger partial charge in [0, 0.05) is 0 Å². The van der Waals surface area contributed by atoms with E-state index in [0.717, 1.165) is 17.7 Å². The van der Waals surface area contributed by atoms with Crippen LogP contribution in [0.1, 0.15) is 31.9 Å². The number of nitrogens with one attached hydrogen (secondary N) is 2. The Balaban J connectivity index is 2.11. The number of carbonyl (C=O) groups excluding carboxylic acids is 1. The van der Waals surface area contributed by atoms with Crippen molar-refractivity contribution in [1.82, 2.24) is 5.32 Å². The van der Waals surface area contributed by atoms with Crippen LogP contribution in [-0.2, 0) is 0 Å². The van der Waals surface area contributed by atoms with Gasteiger partial charge < -0.3 is 20.1 Å². The summed E-state index contributed by atoms with van der Waals surface area (Å²) in [5.41, 5.74) is 1.69. The van der Waals surface area contributed by atoms with Crippen molar-refractivity contribution >= 4 is 11.7 Å². The van der Waals surface area contributed by atoms with Crippen molar-refractivity contribution in [2.24, 2.45) is 5.92 Å². The minimum Gasteiger partial charge on any atom is -0.497 e. The highest BCUT2D eigenvalue weighted by Gasteiger charge is 2.17. The minimum atomic E-state index is -0.258. The molecule has 0 saturated heterocycles. The molecule has 1 unspecified atom stereocenters. The van der Waals surface area contributed by atoms with Crippen molar-refractivity contribution in [3.05, 3.63) is 54.1 Å². The van der Waals surface area contributed by atoms with Crippen molar-refractivity contribution in [2.75, 3.05) is 19.5 Å². The van der Waals surface area contributed by atoms with Gasteiger partial charge in [0.1, 0.15) is 11.5 Å². The Kier molecular flexibility index (Phi) is 6.69. The monoisotopic (exact) mass is 342 g/mol. The zero-order chi connectivity index (χ0) is 18.2. The van der Waals surface area contributed by atoms with E-state index in [-0.39, 0.29) is 12.1 Å². The van der Waals surface area contributed by atoms with Crippen LogP contribution in [0.5, 0.6) is 11.5 Å². The quantitative estimate of drug-likeness (QED) is 0.772. The number of para-hydroxylation sites is 2. The van der Waals surface area contributed by atoms with E-state index in [1.807, 2.05) is 48.5 Å². The van der Waals surface area contributed by atoms with Crippen molar-refractivity contribution in [1.29, 1.82) is 0 Å². The van der Waals surface area contributed by atoms with Crippen LogP contribution >= 0.6 is 0 Å². The van der Waals surface area contributed by atoms with E-state index in [9.17, 15) is 4.79 Å². The molecule has 2 aromatic rings. The number of benzene rings is 2. The number of hydrogen-bond donors (Lipinski definition) is 2. The molecule has 0 radical (unpaired) electrons. The lowest BCUT2D eigenvalue weighted by atomic mass is 9.97. The number of urea groups is 1. The van der Waals surface area contributed by atoms with Gasteiger partial charge in [0.15, 0.2) is 0 Å². The van der Waals surface area contributed by atoms with E-state index < -0.39 is 0 Å². The Hall–Kier alpha value is -2.69. The molecule has 0 spiro atoms. The number of hydrogen-bond acceptors (Lipinski definition) is 3. The van der Waals surface area contributed by atoms with E-state index >= 15 is 0 Å². The summed E-state index contributed by atoms with van der Waals surface area (Å²) in [5.74, 6) is 1.87. The maximum Gasteiger partial charge on any atom is 0.319 e.